The summed E-state index contributed by atoms with van der Waals surface area (Å²) in [4.78, 5) is 0.0982. The fourth-order valence-corrected chi connectivity index (χ4v) is 5.24. The van der Waals surface area contributed by atoms with Crippen molar-refractivity contribution in [3.05, 3.63) is 59.7 Å². The topological polar surface area (TPSA) is 78.9 Å². The summed E-state index contributed by atoms with van der Waals surface area (Å²) in [5.41, 5.74) is 1.55. The molecule has 0 unspecified atom stereocenters. The molecule has 1 aliphatic rings. The zero-order chi connectivity index (χ0) is 21.7. The van der Waals surface area contributed by atoms with Gasteiger partial charge in [0, 0.05) is 36.2 Å². The van der Waals surface area contributed by atoms with Crippen LogP contribution in [-0.2, 0) is 10.0 Å². The normalized spacial score (nSPS) is 21.9. The largest absolute Gasteiger partial charge is 0.487 e. The first-order chi connectivity index (χ1) is 14.4. The minimum Gasteiger partial charge on any atom is -0.487 e. The predicted octanol–water partition coefficient (Wildman–Crippen LogP) is 2.07. The number of aliphatic hydroxyl groups excluding tert-OH is 1. The molecule has 7 heteroatoms. The summed E-state index contributed by atoms with van der Waals surface area (Å²) in [6.45, 7) is 4.25. The molecular formula is C23H28N2O4S. The van der Waals surface area contributed by atoms with Crippen molar-refractivity contribution in [1.29, 1.82) is 0 Å². The molecule has 3 rings (SSSR count). The van der Waals surface area contributed by atoms with Crippen LogP contribution in [0.15, 0.2) is 53.4 Å². The number of rotatable bonds is 4. The maximum absolute atomic E-state index is 13.4. The minimum atomic E-state index is -3.83. The summed E-state index contributed by atoms with van der Waals surface area (Å²) in [6.07, 6.45) is -0.227. The van der Waals surface area contributed by atoms with E-state index in [1.165, 1.54) is 4.31 Å². The van der Waals surface area contributed by atoms with Crippen LogP contribution in [0.2, 0.25) is 0 Å². The third-order valence-electron chi connectivity index (χ3n) is 5.20. The Morgan fingerprint density at radius 3 is 2.57 bits per heavy atom. The molecule has 0 fully saturated rings. The molecular weight excluding hydrogens is 400 g/mol. The number of ether oxygens (including phenoxy) is 1. The van der Waals surface area contributed by atoms with Gasteiger partial charge in [-0.25, -0.2) is 8.42 Å². The van der Waals surface area contributed by atoms with Crippen molar-refractivity contribution in [2.24, 2.45) is 5.92 Å². The fourth-order valence-electron chi connectivity index (χ4n) is 3.41. The maximum atomic E-state index is 13.4. The lowest BCUT2D eigenvalue weighted by molar-refractivity contribution is 0.103. The first-order valence-corrected chi connectivity index (χ1v) is 11.5. The Bertz CT molecular complexity index is 1030. The fraction of sp³-hybridized carbons (Fsp3) is 0.391. The Balaban J connectivity index is 2.07. The molecule has 1 aliphatic heterocycles. The van der Waals surface area contributed by atoms with Crippen LogP contribution < -0.4 is 10.1 Å². The zero-order valence-electron chi connectivity index (χ0n) is 17.5. The van der Waals surface area contributed by atoms with Gasteiger partial charge in [-0.2, -0.15) is 4.31 Å². The van der Waals surface area contributed by atoms with Gasteiger partial charge in [0.2, 0.25) is 10.0 Å². The average molecular weight is 429 g/mol. The smallest absolute Gasteiger partial charge is 0.247 e. The molecule has 0 aliphatic carbocycles. The van der Waals surface area contributed by atoms with Crippen LogP contribution in [0, 0.1) is 17.8 Å². The number of hydrogen-bond donors (Lipinski definition) is 2. The van der Waals surface area contributed by atoms with Gasteiger partial charge >= 0.3 is 0 Å². The monoisotopic (exact) mass is 428 g/mol. The highest BCUT2D eigenvalue weighted by molar-refractivity contribution is 7.89. The van der Waals surface area contributed by atoms with Crippen molar-refractivity contribution in [1.82, 2.24) is 9.62 Å². The van der Waals surface area contributed by atoms with Gasteiger partial charge in [0.15, 0.2) is 0 Å². The van der Waals surface area contributed by atoms with Crippen molar-refractivity contribution in [2.75, 3.05) is 26.7 Å². The number of nitrogens with zero attached hydrogens (tertiary/aromatic N) is 1. The van der Waals surface area contributed by atoms with Gasteiger partial charge in [-0.3, -0.25) is 0 Å². The zero-order valence-corrected chi connectivity index (χ0v) is 18.3. The van der Waals surface area contributed by atoms with Crippen molar-refractivity contribution in [3.8, 4) is 17.6 Å². The van der Waals surface area contributed by atoms with Gasteiger partial charge in [-0.15, -0.1) is 0 Å². The predicted molar refractivity (Wildman–Crippen MR) is 117 cm³/mol. The van der Waals surface area contributed by atoms with Gasteiger partial charge in [0.25, 0.3) is 0 Å². The summed E-state index contributed by atoms with van der Waals surface area (Å²) in [5, 5.41) is 12.8. The lowest BCUT2D eigenvalue weighted by Gasteiger charge is -2.36. The van der Waals surface area contributed by atoms with E-state index in [0.29, 0.717) is 12.1 Å². The van der Waals surface area contributed by atoms with E-state index in [1.54, 1.807) is 25.1 Å². The highest BCUT2D eigenvalue weighted by atomic mass is 32.2. The molecule has 0 saturated heterocycles. The van der Waals surface area contributed by atoms with E-state index in [0.717, 1.165) is 5.56 Å². The summed E-state index contributed by atoms with van der Waals surface area (Å²) < 4.78 is 34.3. The number of sulfonamides is 1. The van der Waals surface area contributed by atoms with Crippen LogP contribution >= 0.6 is 0 Å². The SMILES string of the molecule is CNC[C@@H]1Oc2cc(C#Cc3ccccc3)ccc2S(=O)(=O)N([C@@H](C)CO)C[C@H]1C. The first kappa shape index (κ1) is 22.3. The number of likely N-dealkylation sites (N-methyl/N-ethyl adjacent to an activating group) is 1. The Morgan fingerprint density at radius 1 is 1.20 bits per heavy atom. The molecule has 0 saturated carbocycles. The number of benzene rings is 2. The van der Waals surface area contributed by atoms with Crippen LogP contribution in [0.3, 0.4) is 0 Å². The quantitative estimate of drug-likeness (QED) is 0.729. The number of nitrogens with one attached hydrogen (secondary N) is 1. The highest BCUT2D eigenvalue weighted by Gasteiger charge is 2.37. The second-order valence-corrected chi connectivity index (χ2v) is 9.43. The molecule has 160 valence electrons. The van der Waals surface area contributed by atoms with Crippen molar-refractivity contribution in [3.63, 3.8) is 0 Å². The van der Waals surface area contributed by atoms with Crippen molar-refractivity contribution >= 4 is 10.0 Å². The number of fused-ring (bicyclic) bond motifs is 1. The molecule has 0 bridgehead atoms. The molecule has 2 aromatic carbocycles. The van der Waals surface area contributed by atoms with Crippen LogP contribution in [0.5, 0.6) is 5.75 Å². The summed E-state index contributed by atoms with van der Waals surface area (Å²) in [7, 11) is -1.99. The minimum absolute atomic E-state index is 0.0755. The lowest BCUT2D eigenvalue weighted by atomic mass is 10.0. The molecule has 0 radical (unpaired) electrons. The van der Waals surface area contributed by atoms with Gasteiger partial charge in [0.05, 0.1) is 6.61 Å². The molecule has 0 aromatic heterocycles. The molecule has 0 amide bonds. The first-order valence-electron chi connectivity index (χ1n) is 10.0. The standard InChI is InChI=1S/C23H28N2O4S/c1-17-15-25(18(2)16-26)30(27,28)23-12-11-20(10-9-19-7-5-4-6-8-19)13-21(23)29-22(17)14-24-3/h4-8,11-13,17-18,22,24,26H,14-16H2,1-3H3/t17-,18+,22+/m1/s1. The highest BCUT2D eigenvalue weighted by Crippen LogP contribution is 2.33. The van der Waals surface area contributed by atoms with E-state index >= 15 is 0 Å². The Morgan fingerprint density at radius 2 is 1.90 bits per heavy atom. The summed E-state index contributed by atoms with van der Waals surface area (Å²) in [5.74, 6) is 6.38. The van der Waals surface area contributed by atoms with Gasteiger partial charge < -0.3 is 15.2 Å². The lowest BCUT2D eigenvalue weighted by Crippen LogP contribution is -2.49. The second-order valence-electron chi connectivity index (χ2n) is 7.58. The van der Waals surface area contributed by atoms with E-state index in [1.807, 2.05) is 44.3 Å². The molecule has 2 N–H and O–H groups in total. The summed E-state index contributed by atoms with van der Waals surface area (Å²) in [6, 6.07) is 14.0. The second kappa shape index (κ2) is 9.63. The van der Waals surface area contributed by atoms with Crippen LogP contribution in [0.1, 0.15) is 25.0 Å². The Hall–Kier alpha value is -2.37. The van der Waals surface area contributed by atoms with Gasteiger partial charge in [0.1, 0.15) is 16.7 Å². The molecule has 30 heavy (non-hydrogen) atoms. The van der Waals surface area contributed by atoms with E-state index in [2.05, 4.69) is 17.2 Å². The molecule has 1 heterocycles. The molecule has 2 aromatic rings. The van der Waals surface area contributed by atoms with E-state index in [-0.39, 0.29) is 35.8 Å². The third-order valence-corrected chi connectivity index (χ3v) is 7.22. The molecule has 6 nitrogen and oxygen atoms in total. The average Bonchev–Trinajstić information content (AvgIpc) is 2.75. The molecule has 0 spiro atoms. The van der Waals surface area contributed by atoms with Crippen molar-refractivity contribution < 1.29 is 18.3 Å². The summed E-state index contributed by atoms with van der Waals surface area (Å²) >= 11 is 0. The van der Waals surface area contributed by atoms with E-state index in [4.69, 9.17) is 4.74 Å². The van der Waals surface area contributed by atoms with E-state index in [9.17, 15) is 13.5 Å². The van der Waals surface area contributed by atoms with Crippen molar-refractivity contribution in [2.45, 2.75) is 30.9 Å². The maximum Gasteiger partial charge on any atom is 0.247 e. The van der Waals surface area contributed by atoms with Gasteiger partial charge in [-0.1, -0.05) is 37.0 Å². The molecule has 3 atom stereocenters. The number of aliphatic hydroxyl groups is 1. The van der Waals surface area contributed by atoms with Crippen LogP contribution in [0.4, 0.5) is 0 Å². The third kappa shape index (κ3) is 4.85. The number of hydrogen-bond acceptors (Lipinski definition) is 5. The van der Waals surface area contributed by atoms with Crippen LogP contribution in [-0.4, -0.2) is 56.7 Å². The van der Waals surface area contributed by atoms with E-state index < -0.39 is 16.1 Å². The Kier molecular flexibility index (Phi) is 7.16. The van der Waals surface area contributed by atoms with Gasteiger partial charge in [-0.05, 0) is 44.3 Å². The van der Waals surface area contributed by atoms with Crippen LogP contribution in [0.25, 0.3) is 0 Å². The Labute approximate surface area is 178 Å².